The highest BCUT2D eigenvalue weighted by molar-refractivity contribution is 5.81. The van der Waals surface area contributed by atoms with E-state index in [4.69, 9.17) is 25.1 Å². The van der Waals surface area contributed by atoms with Crippen molar-refractivity contribution < 1.29 is 28.8 Å². The molecule has 11 heteroatoms. The van der Waals surface area contributed by atoms with E-state index in [-0.39, 0.29) is 12.4 Å². The molecule has 2 aliphatic rings. The lowest BCUT2D eigenvalue weighted by Gasteiger charge is -2.24. The summed E-state index contributed by atoms with van der Waals surface area (Å²) in [7, 11) is 0. The fraction of sp³-hybridized carbons (Fsp3) is 0.571. The number of rotatable bonds is 3. The van der Waals surface area contributed by atoms with Crippen molar-refractivity contribution >= 4 is 23.1 Å². The van der Waals surface area contributed by atoms with E-state index in [1.165, 1.54) is 12.7 Å². The lowest BCUT2D eigenvalue weighted by Crippen LogP contribution is -2.33. The van der Waals surface area contributed by atoms with Crippen LogP contribution in [0.2, 0.25) is 0 Å². The summed E-state index contributed by atoms with van der Waals surface area (Å²) in [6.45, 7) is 3.39. The minimum absolute atomic E-state index is 0.170. The molecule has 0 aromatic carbocycles. The lowest BCUT2D eigenvalue weighted by molar-refractivity contribution is -0.200. The Kier molecular flexibility index (Phi) is 3.52. The quantitative estimate of drug-likeness (QED) is 0.751. The van der Waals surface area contributed by atoms with Crippen LogP contribution < -0.4 is 5.73 Å². The predicted octanol–water partition coefficient (Wildman–Crippen LogP) is 0.521. The van der Waals surface area contributed by atoms with Gasteiger partial charge in [-0.25, -0.2) is 19.7 Å². The molecule has 4 rings (SSSR count). The Bertz CT molecular complexity index is 823. The highest BCUT2D eigenvalue weighted by Gasteiger charge is 2.56. The summed E-state index contributed by atoms with van der Waals surface area (Å²) in [6, 6.07) is 0. The van der Waals surface area contributed by atoms with Gasteiger partial charge in [0.05, 0.1) is 6.33 Å². The first-order valence-electron chi connectivity index (χ1n) is 7.65. The Hall–Kier alpha value is -2.50. The molecule has 2 saturated heterocycles. The second-order valence-electron chi connectivity index (χ2n) is 6.29. The first-order chi connectivity index (χ1) is 11.9. The van der Waals surface area contributed by atoms with Crippen molar-refractivity contribution in [1.29, 1.82) is 0 Å². The molecule has 11 nitrogen and oxygen atoms in total. The number of nitrogens with two attached hydrogens (primary N) is 1. The average Bonchev–Trinajstić information content (AvgIpc) is 3.17. The monoisotopic (exact) mass is 351 g/mol. The van der Waals surface area contributed by atoms with Crippen LogP contribution in [0, 0.1) is 0 Å². The van der Waals surface area contributed by atoms with Gasteiger partial charge in [-0.3, -0.25) is 4.57 Å². The Morgan fingerprint density at radius 1 is 1.36 bits per heavy atom. The maximum absolute atomic E-state index is 10.7. The molecule has 25 heavy (non-hydrogen) atoms. The predicted molar refractivity (Wildman–Crippen MR) is 81.4 cm³/mol. The number of carbonyl (C=O) groups is 1. The van der Waals surface area contributed by atoms with Crippen LogP contribution in [0.15, 0.2) is 12.7 Å². The molecule has 2 aromatic heterocycles. The van der Waals surface area contributed by atoms with Gasteiger partial charge in [0.15, 0.2) is 23.5 Å². The van der Waals surface area contributed by atoms with Crippen LogP contribution in [0.5, 0.6) is 0 Å². The Labute approximate surface area is 141 Å². The number of ether oxygens (including phenoxy) is 4. The number of imidazole rings is 1. The largest absolute Gasteiger partial charge is 0.505 e. The molecule has 0 spiro atoms. The molecule has 0 bridgehead atoms. The van der Waals surface area contributed by atoms with Gasteiger partial charge in [0.25, 0.3) is 0 Å². The third-order valence-corrected chi connectivity index (χ3v) is 4.16. The topological polar surface area (TPSA) is 144 Å². The maximum atomic E-state index is 10.7. The molecule has 0 aliphatic carbocycles. The fourth-order valence-corrected chi connectivity index (χ4v) is 3.23. The van der Waals surface area contributed by atoms with Crippen LogP contribution in [0.25, 0.3) is 11.2 Å². The summed E-state index contributed by atoms with van der Waals surface area (Å²) in [5.74, 6) is -0.573. The Balaban J connectivity index is 1.68. The number of nitrogen functional groups attached to an aromatic ring is 1. The average molecular weight is 351 g/mol. The van der Waals surface area contributed by atoms with Gasteiger partial charge >= 0.3 is 6.16 Å². The van der Waals surface area contributed by atoms with Gasteiger partial charge in [0.1, 0.15) is 36.8 Å². The van der Waals surface area contributed by atoms with Gasteiger partial charge in [0.2, 0.25) is 0 Å². The van der Waals surface area contributed by atoms with Crippen LogP contribution in [0.1, 0.15) is 20.1 Å². The van der Waals surface area contributed by atoms with Gasteiger partial charge in [-0.05, 0) is 13.8 Å². The molecule has 134 valence electrons. The molecule has 4 atom stereocenters. The minimum atomic E-state index is -1.38. The Morgan fingerprint density at radius 2 is 2.12 bits per heavy atom. The summed E-state index contributed by atoms with van der Waals surface area (Å²) in [4.78, 5) is 23.0. The van der Waals surface area contributed by atoms with Crippen LogP contribution >= 0.6 is 0 Å². The number of carboxylic acid groups (broad SMARTS) is 1. The standard InChI is InChI=1S/C14H17N5O6/c1-14(2)24-8-6(3-22-13(20)21)23-12(9(8)25-14)19-5-18-7-10(15)16-4-17-11(7)19/h4-6,8-9,12H,3H2,1-2H3,(H,20,21)(H2,15,16,17)/t6-,8+,9-,12-/m1/s1. The molecule has 0 unspecified atom stereocenters. The lowest BCUT2D eigenvalue weighted by atomic mass is 10.1. The van der Waals surface area contributed by atoms with E-state index in [9.17, 15) is 4.79 Å². The number of hydrogen-bond donors (Lipinski definition) is 2. The van der Waals surface area contributed by atoms with E-state index in [1.54, 1.807) is 18.4 Å². The van der Waals surface area contributed by atoms with E-state index < -0.39 is 36.5 Å². The van der Waals surface area contributed by atoms with Crippen LogP contribution in [0.3, 0.4) is 0 Å². The summed E-state index contributed by atoms with van der Waals surface area (Å²) < 4.78 is 24.1. The number of fused-ring (bicyclic) bond motifs is 2. The zero-order valence-corrected chi connectivity index (χ0v) is 13.5. The number of anilines is 1. The number of nitrogens with zero attached hydrogens (tertiary/aromatic N) is 4. The van der Waals surface area contributed by atoms with Crippen molar-refractivity contribution in [3.8, 4) is 0 Å². The van der Waals surface area contributed by atoms with Crippen LogP contribution in [-0.2, 0) is 18.9 Å². The van der Waals surface area contributed by atoms with Crippen molar-refractivity contribution in [2.75, 3.05) is 12.3 Å². The van der Waals surface area contributed by atoms with E-state index in [2.05, 4.69) is 19.7 Å². The van der Waals surface area contributed by atoms with Gasteiger partial charge in [-0.2, -0.15) is 0 Å². The molecule has 2 fully saturated rings. The minimum Gasteiger partial charge on any atom is -0.450 e. The van der Waals surface area contributed by atoms with Crippen LogP contribution in [0.4, 0.5) is 10.6 Å². The molecule has 2 aliphatic heterocycles. The van der Waals surface area contributed by atoms with Gasteiger partial charge < -0.3 is 29.8 Å². The zero-order valence-electron chi connectivity index (χ0n) is 13.5. The number of hydrogen-bond acceptors (Lipinski definition) is 9. The molecule has 2 aromatic rings. The molecular weight excluding hydrogens is 334 g/mol. The van der Waals surface area contributed by atoms with Crippen molar-refractivity contribution in [2.24, 2.45) is 0 Å². The summed E-state index contributed by atoms with van der Waals surface area (Å²) >= 11 is 0. The number of aromatic nitrogens is 4. The van der Waals surface area contributed by atoms with Crippen LogP contribution in [-0.4, -0.2) is 61.5 Å². The normalized spacial score (nSPS) is 30.5. The van der Waals surface area contributed by atoms with Crippen molar-refractivity contribution in [3.63, 3.8) is 0 Å². The fourth-order valence-electron chi connectivity index (χ4n) is 3.23. The van der Waals surface area contributed by atoms with E-state index >= 15 is 0 Å². The second kappa shape index (κ2) is 5.51. The van der Waals surface area contributed by atoms with Crippen molar-refractivity contribution in [2.45, 2.75) is 44.2 Å². The summed E-state index contributed by atoms with van der Waals surface area (Å²) in [6.07, 6.45) is -0.717. The first kappa shape index (κ1) is 16.0. The molecule has 0 saturated carbocycles. The van der Waals surface area contributed by atoms with Crippen molar-refractivity contribution in [1.82, 2.24) is 19.5 Å². The van der Waals surface area contributed by atoms with E-state index in [1.807, 2.05) is 0 Å². The van der Waals surface area contributed by atoms with Gasteiger partial charge in [0, 0.05) is 0 Å². The van der Waals surface area contributed by atoms with E-state index in [0.717, 1.165) is 0 Å². The first-order valence-corrected chi connectivity index (χ1v) is 7.65. The highest BCUT2D eigenvalue weighted by Crippen LogP contribution is 2.43. The zero-order chi connectivity index (χ0) is 17.8. The Morgan fingerprint density at radius 3 is 2.88 bits per heavy atom. The van der Waals surface area contributed by atoms with Gasteiger partial charge in [-0.1, -0.05) is 0 Å². The summed E-state index contributed by atoms with van der Waals surface area (Å²) in [5, 5.41) is 8.74. The molecule has 4 heterocycles. The van der Waals surface area contributed by atoms with E-state index in [0.29, 0.717) is 11.2 Å². The maximum Gasteiger partial charge on any atom is 0.505 e. The third kappa shape index (κ3) is 2.65. The van der Waals surface area contributed by atoms with Gasteiger partial charge in [-0.15, -0.1) is 0 Å². The third-order valence-electron chi connectivity index (χ3n) is 4.16. The smallest absolute Gasteiger partial charge is 0.450 e. The molecular formula is C14H17N5O6. The second-order valence-corrected chi connectivity index (χ2v) is 6.29. The van der Waals surface area contributed by atoms with Crippen molar-refractivity contribution in [3.05, 3.63) is 12.7 Å². The molecule has 0 amide bonds. The highest BCUT2D eigenvalue weighted by atomic mass is 16.8. The molecule has 0 radical (unpaired) electrons. The SMILES string of the molecule is CC1(C)O[C@@H]2[C@@H](O1)[C@@H](COC(=O)O)O[C@H]2n1cnc2c(N)ncnc21. The molecule has 3 N–H and O–H groups in total. The summed E-state index contributed by atoms with van der Waals surface area (Å²) in [5.41, 5.74) is 6.76.